The van der Waals surface area contributed by atoms with E-state index in [2.05, 4.69) is 22.3 Å². The Morgan fingerprint density at radius 1 is 0.906 bits per heavy atom. The summed E-state index contributed by atoms with van der Waals surface area (Å²) in [6.07, 6.45) is 2.94. The molecule has 32 heavy (non-hydrogen) atoms. The molecule has 1 heterocycles. The number of alkyl halides is 3. The van der Waals surface area contributed by atoms with Crippen LogP contribution in [0.5, 0.6) is 0 Å². The molecule has 1 aliphatic heterocycles. The van der Waals surface area contributed by atoms with Crippen LogP contribution >= 0.6 is 0 Å². The van der Waals surface area contributed by atoms with Crippen LogP contribution in [-0.2, 0) is 6.18 Å². The maximum absolute atomic E-state index is 13.0. The molecule has 0 spiro atoms. The lowest BCUT2D eigenvalue weighted by Crippen LogP contribution is -2.43. The largest absolute Gasteiger partial charge is 0.416 e. The van der Waals surface area contributed by atoms with Crippen molar-refractivity contribution in [2.75, 3.05) is 13.1 Å². The highest BCUT2D eigenvalue weighted by atomic mass is 19.4. The highest BCUT2D eigenvalue weighted by molar-refractivity contribution is 5.65. The number of benzene rings is 2. The van der Waals surface area contributed by atoms with Crippen LogP contribution in [0.1, 0.15) is 55.6 Å². The summed E-state index contributed by atoms with van der Waals surface area (Å²) in [4.78, 5) is 2.59. The van der Waals surface area contributed by atoms with Gasteiger partial charge in [0.05, 0.1) is 5.56 Å². The van der Waals surface area contributed by atoms with Gasteiger partial charge in [-0.15, -0.1) is 0 Å². The fourth-order valence-corrected chi connectivity index (χ4v) is 5.60. The molecule has 0 aromatic heterocycles. The second kappa shape index (κ2) is 8.81. The van der Waals surface area contributed by atoms with Gasteiger partial charge in [-0.2, -0.15) is 13.2 Å². The molecule has 3 nitrogen and oxygen atoms in total. The van der Waals surface area contributed by atoms with Crippen LogP contribution in [0.4, 0.5) is 13.2 Å². The average molecular weight is 444 g/mol. The second-order valence-electron chi connectivity index (χ2n) is 9.87. The zero-order valence-corrected chi connectivity index (χ0v) is 18.3. The van der Waals surface area contributed by atoms with E-state index in [4.69, 9.17) is 5.73 Å². The van der Waals surface area contributed by atoms with Crippen molar-refractivity contribution in [3.05, 3.63) is 59.7 Å². The van der Waals surface area contributed by atoms with E-state index >= 15 is 0 Å². The molecule has 3 fully saturated rings. The highest BCUT2D eigenvalue weighted by Gasteiger charge is 2.40. The van der Waals surface area contributed by atoms with E-state index in [0.717, 1.165) is 37.6 Å². The molecule has 0 radical (unpaired) electrons. The summed E-state index contributed by atoms with van der Waals surface area (Å²) in [7, 11) is 0. The van der Waals surface area contributed by atoms with E-state index in [1.807, 2.05) is 12.1 Å². The summed E-state index contributed by atoms with van der Waals surface area (Å²) < 4.78 is 39.0. The summed E-state index contributed by atoms with van der Waals surface area (Å²) in [5.41, 5.74) is 8.17. The summed E-state index contributed by atoms with van der Waals surface area (Å²) in [6, 6.07) is 15.8. The molecule has 2 saturated carbocycles. The van der Waals surface area contributed by atoms with Crippen molar-refractivity contribution in [1.29, 1.82) is 0 Å². The van der Waals surface area contributed by atoms with Gasteiger partial charge in [0.1, 0.15) is 0 Å². The standard InChI is InChI=1S/C26H32F3N3/c27-26(28,29)20-3-1-2-19(14-20)17-4-6-18(7-5-17)24-15-25(24)31-22-8-10-23(11-9-22)32-13-12-21(30)16-32/h1-7,14,21-25,31H,8-13,15-16,30H2/t21-,22?,23?,24+,25-/m1/s1. The minimum absolute atomic E-state index is 0.359. The van der Waals surface area contributed by atoms with Gasteiger partial charge in [0.25, 0.3) is 0 Å². The number of nitrogens with zero attached hydrogens (tertiary/aromatic N) is 1. The lowest BCUT2D eigenvalue weighted by molar-refractivity contribution is -0.137. The van der Waals surface area contributed by atoms with Crippen molar-refractivity contribution >= 4 is 0 Å². The number of hydrogen-bond acceptors (Lipinski definition) is 3. The zero-order chi connectivity index (χ0) is 22.3. The van der Waals surface area contributed by atoms with E-state index in [0.29, 0.717) is 35.6 Å². The number of hydrogen-bond donors (Lipinski definition) is 2. The molecule has 0 unspecified atom stereocenters. The Kier molecular flexibility index (Phi) is 6.03. The molecule has 0 bridgehead atoms. The van der Waals surface area contributed by atoms with Crippen molar-refractivity contribution in [3.63, 3.8) is 0 Å². The Morgan fingerprint density at radius 3 is 2.31 bits per heavy atom. The Hall–Kier alpha value is -1.89. The van der Waals surface area contributed by atoms with Crippen LogP contribution in [0.25, 0.3) is 11.1 Å². The molecule has 1 saturated heterocycles. The Morgan fingerprint density at radius 2 is 1.66 bits per heavy atom. The number of rotatable bonds is 5. The predicted octanol–water partition coefficient (Wildman–Crippen LogP) is 5.16. The molecule has 6 heteroatoms. The van der Waals surface area contributed by atoms with Crippen LogP contribution in [-0.4, -0.2) is 42.2 Å². The quantitative estimate of drug-likeness (QED) is 0.671. The van der Waals surface area contributed by atoms with Crippen molar-refractivity contribution < 1.29 is 13.2 Å². The molecular formula is C26H32F3N3. The highest BCUT2D eigenvalue weighted by Crippen LogP contribution is 2.42. The number of nitrogens with two attached hydrogens (primary N) is 1. The monoisotopic (exact) mass is 443 g/mol. The van der Waals surface area contributed by atoms with E-state index in [-0.39, 0.29) is 0 Å². The van der Waals surface area contributed by atoms with E-state index in [1.54, 1.807) is 6.07 Å². The maximum atomic E-state index is 13.0. The maximum Gasteiger partial charge on any atom is 0.416 e. The van der Waals surface area contributed by atoms with Crippen LogP contribution in [0, 0.1) is 0 Å². The topological polar surface area (TPSA) is 41.3 Å². The number of halogens is 3. The molecule has 2 aliphatic carbocycles. The smallest absolute Gasteiger partial charge is 0.326 e. The molecule has 3 N–H and O–H groups in total. The normalized spacial score (nSPS) is 31.1. The third kappa shape index (κ3) is 4.87. The van der Waals surface area contributed by atoms with Crippen LogP contribution in [0.2, 0.25) is 0 Å². The van der Waals surface area contributed by atoms with Crippen LogP contribution in [0.15, 0.2) is 48.5 Å². The van der Waals surface area contributed by atoms with Gasteiger partial charge in [-0.3, -0.25) is 4.90 Å². The molecular weight excluding hydrogens is 411 g/mol. The summed E-state index contributed by atoms with van der Waals surface area (Å²) in [6.45, 7) is 2.22. The van der Waals surface area contributed by atoms with E-state index in [9.17, 15) is 13.2 Å². The van der Waals surface area contributed by atoms with Crippen LogP contribution in [0.3, 0.4) is 0 Å². The van der Waals surface area contributed by atoms with E-state index < -0.39 is 11.7 Å². The first-order valence-corrected chi connectivity index (χ1v) is 11.9. The van der Waals surface area contributed by atoms with Crippen molar-refractivity contribution in [1.82, 2.24) is 10.2 Å². The molecule has 3 aliphatic rings. The first-order chi connectivity index (χ1) is 15.4. The van der Waals surface area contributed by atoms with Gasteiger partial charge in [0.15, 0.2) is 0 Å². The van der Waals surface area contributed by atoms with Gasteiger partial charge < -0.3 is 11.1 Å². The summed E-state index contributed by atoms with van der Waals surface area (Å²) >= 11 is 0. The van der Waals surface area contributed by atoms with Gasteiger partial charge in [-0.1, -0.05) is 36.4 Å². The molecule has 0 amide bonds. The number of nitrogens with one attached hydrogen (secondary N) is 1. The fourth-order valence-electron chi connectivity index (χ4n) is 5.60. The SMILES string of the molecule is N[C@@H]1CCN(C2CCC(N[C@@H]3C[C@H]3c3ccc(-c4cccc(C(F)(F)F)c4)cc3)CC2)C1. The Bertz CT molecular complexity index is 919. The van der Waals surface area contributed by atoms with Gasteiger partial charge in [0, 0.05) is 43.2 Å². The van der Waals surface area contributed by atoms with Crippen molar-refractivity contribution in [2.45, 2.75) is 74.8 Å². The Balaban J connectivity index is 1.13. The Labute approximate surface area is 188 Å². The summed E-state index contributed by atoms with van der Waals surface area (Å²) in [5, 5.41) is 3.86. The third-order valence-corrected chi connectivity index (χ3v) is 7.57. The molecule has 3 atom stereocenters. The van der Waals surface area contributed by atoms with Crippen molar-refractivity contribution in [3.8, 4) is 11.1 Å². The summed E-state index contributed by atoms with van der Waals surface area (Å²) in [5.74, 6) is 0.514. The lowest BCUT2D eigenvalue weighted by atomic mass is 9.90. The second-order valence-corrected chi connectivity index (χ2v) is 9.87. The zero-order valence-electron chi connectivity index (χ0n) is 18.3. The van der Waals surface area contributed by atoms with Crippen molar-refractivity contribution in [2.24, 2.45) is 5.73 Å². The molecule has 2 aromatic carbocycles. The first kappa shape index (κ1) is 21.9. The minimum atomic E-state index is -4.32. The third-order valence-electron chi connectivity index (χ3n) is 7.57. The fraction of sp³-hybridized carbons (Fsp3) is 0.538. The van der Waals surface area contributed by atoms with Crippen LogP contribution < -0.4 is 11.1 Å². The molecule has 5 rings (SSSR count). The van der Waals surface area contributed by atoms with Gasteiger partial charge >= 0.3 is 6.18 Å². The number of likely N-dealkylation sites (tertiary alicyclic amines) is 1. The van der Waals surface area contributed by atoms with Gasteiger partial charge in [0.2, 0.25) is 0 Å². The predicted molar refractivity (Wildman–Crippen MR) is 121 cm³/mol. The first-order valence-electron chi connectivity index (χ1n) is 11.9. The lowest BCUT2D eigenvalue weighted by Gasteiger charge is -2.35. The average Bonchev–Trinajstić information content (AvgIpc) is 3.42. The molecule has 2 aromatic rings. The minimum Gasteiger partial charge on any atom is -0.326 e. The van der Waals surface area contributed by atoms with E-state index in [1.165, 1.54) is 43.4 Å². The van der Waals surface area contributed by atoms with Gasteiger partial charge in [-0.05, 0) is 67.3 Å². The van der Waals surface area contributed by atoms with Gasteiger partial charge in [-0.25, -0.2) is 0 Å². The molecule has 172 valence electrons.